The molecule has 0 bridgehead atoms. The van der Waals surface area contributed by atoms with Gasteiger partial charge in [0, 0.05) is 18.5 Å². The van der Waals surface area contributed by atoms with E-state index in [9.17, 15) is 5.26 Å². The van der Waals surface area contributed by atoms with Crippen molar-refractivity contribution < 1.29 is 0 Å². The zero-order chi connectivity index (χ0) is 20.1. The van der Waals surface area contributed by atoms with Crippen LogP contribution in [0.1, 0.15) is 16.7 Å². The fourth-order valence-corrected chi connectivity index (χ4v) is 4.11. The number of thioether (sulfide) groups is 1. The summed E-state index contributed by atoms with van der Waals surface area (Å²) in [4.78, 5) is 7.03. The highest BCUT2D eigenvalue weighted by Crippen LogP contribution is 2.36. The van der Waals surface area contributed by atoms with Gasteiger partial charge in [0.2, 0.25) is 0 Å². The van der Waals surface area contributed by atoms with Gasteiger partial charge in [0.25, 0.3) is 0 Å². The lowest BCUT2D eigenvalue weighted by atomic mass is 10.1. The van der Waals surface area contributed by atoms with E-state index in [0.29, 0.717) is 18.7 Å². The lowest BCUT2D eigenvalue weighted by molar-refractivity contribution is 0.799. The minimum atomic E-state index is 0.642. The van der Waals surface area contributed by atoms with Crippen molar-refractivity contribution in [2.75, 3.05) is 11.2 Å². The van der Waals surface area contributed by atoms with Crippen molar-refractivity contribution in [1.82, 2.24) is 4.98 Å². The van der Waals surface area contributed by atoms with Crippen LogP contribution in [0.3, 0.4) is 0 Å². The number of nitrogens with zero attached hydrogens (tertiary/aromatic N) is 3. The van der Waals surface area contributed by atoms with Gasteiger partial charge in [0.15, 0.2) is 0 Å². The highest BCUT2D eigenvalue weighted by molar-refractivity contribution is 7.98. The summed E-state index contributed by atoms with van der Waals surface area (Å²) < 4.78 is 0. The van der Waals surface area contributed by atoms with Gasteiger partial charge in [0.05, 0.1) is 11.2 Å². The van der Waals surface area contributed by atoms with Crippen molar-refractivity contribution in [3.05, 3.63) is 102 Å². The van der Waals surface area contributed by atoms with Crippen LogP contribution in [0.25, 0.3) is 10.9 Å². The summed E-state index contributed by atoms with van der Waals surface area (Å²) in [5, 5.41) is 11.8. The Balaban J connectivity index is 1.91. The van der Waals surface area contributed by atoms with Crippen LogP contribution in [0.15, 0.2) is 90.0 Å². The smallest absolute Gasteiger partial charge is 0.116 e. The predicted molar refractivity (Wildman–Crippen MR) is 121 cm³/mol. The highest BCUT2D eigenvalue weighted by Gasteiger charge is 2.20. The molecule has 0 fully saturated rings. The fourth-order valence-electron chi connectivity index (χ4n) is 3.57. The van der Waals surface area contributed by atoms with E-state index in [1.165, 1.54) is 22.9 Å². The monoisotopic (exact) mass is 395 g/mol. The molecule has 29 heavy (non-hydrogen) atoms. The van der Waals surface area contributed by atoms with E-state index in [4.69, 9.17) is 4.98 Å². The summed E-state index contributed by atoms with van der Waals surface area (Å²) >= 11 is 1.52. The first-order valence-corrected chi connectivity index (χ1v) is 10.7. The maximum atomic E-state index is 10.0. The first-order valence-electron chi connectivity index (χ1n) is 9.50. The molecule has 3 aromatic carbocycles. The number of benzene rings is 3. The van der Waals surface area contributed by atoms with E-state index in [-0.39, 0.29) is 0 Å². The Morgan fingerprint density at radius 3 is 1.93 bits per heavy atom. The number of nitriles is 1. The molecule has 142 valence electrons. The highest BCUT2D eigenvalue weighted by atomic mass is 32.2. The van der Waals surface area contributed by atoms with Crippen LogP contribution in [0, 0.1) is 11.3 Å². The molecule has 0 aliphatic rings. The van der Waals surface area contributed by atoms with E-state index in [0.717, 1.165) is 21.6 Å². The molecule has 1 heterocycles. The molecule has 0 atom stereocenters. The van der Waals surface area contributed by atoms with Gasteiger partial charge in [0.1, 0.15) is 16.7 Å². The third-order valence-corrected chi connectivity index (χ3v) is 5.57. The van der Waals surface area contributed by atoms with Crippen molar-refractivity contribution in [3.63, 3.8) is 0 Å². The number of aromatic nitrogens is 1. The molecule has 0 saturated heterocycles. The predicted octanol–water partition coefficient (Wildman–Crippen LogP) is 6.04. The molecular weight excluding hydrogens is 374 g/mol. The second-order valence-electron chi connectivity index (χ2n) is 6.80. The topological polar surface area (TPSA) is 39.9 Å². The maximum Gasteiger partial charge on any atom is 0.116 e. The van der Waals surface area contributed by atoms with E-state index in [1.807, 2.05) is 36.6 Å². The lowest BCUT2D eigenvalue weighted by Crippen LogP contribution is -2.24. The Morgan fingerprint density at radius 1 is 0.828 bits per heavy atom. The van der Waals surface area contributed by atoms with Crippen molar-refractivity contribution in [1.29, 1.82) is 5.26 Å². The summed E-state index contributed by atoms with van der Waals surface area (Å²) in [5.41, 5.74) is 4.92. The van der Waals surface area contributed by atoms with Crippen LogP contribution in [0.2, 0.25) is 0 Å². The van der Waals surface area contributed by atoms with Crippen LogP contribution in [-0.4, -0.2) is 11.2 Å². The second-order valence-corrected chi connectivity index (χ2v) is 7.60. The third-order valence-electron chi connectivity index (χ3n) is 4.89. The first-order chi connectivity index (χ1) is 14.3. The van der Waals surface area contributed by atoms with Crippen molar-refractivity contribution in [3.8, 4) is 6.07 Å². The average Bonchev–Trinajstić information content (AvgIpc) is 2.78. The molecule has 4 aromatic rings. The Labute approximate surface area is 175 Å². The molecule has 1 aromatic heterocycles. The summed E-state index contributed by atoms with van der Waals surface area (Å²) in [6.45, 7) is 1.43. The minimum Gasteiger partial charge on any atom is -0.361 e. The summed E-state index contributed by atoms with van der Waals surface area (Å²) in [6.07, 6.45) is 1.97. The SMILES string of the molecule is CSc1nc2ccccc2c(N(Cc2ccccc2)Cc2ccccc2)c1C#N. The lowest BCUT2D eigenvalue weighted by Gasteiger charge is -2.28. The van der Waals surface area contributed by atoms with Crippen LogP contribution < -0.4 is 4.90 Å². The quantitative estimate of drug-likeness (QED) is 0.373. The Bertz CT molecular complexity index is 1110. The Kier molecular flexibility index (Phi) is 5.79. The van der Waals surface area contributed by atoms with Crippen LogP contribution >= 0.6 is 11.8 Å². The number of anilines is 1. The van der Waals surface area contributed by atoms with Gasteiger partial charge in [-0.05, 0) is 23.4 Å². The second kappa shape index (κ2) is 8.81. The molecule has 0 saturated carbocycles. The Hall–Kier alpha value is -3.29. The molecule has 0 radical (unpaired) electrons. The van der Waals surface area contributed by atoms with E-state index in [2.05, 4.69) is 65.6 Å². The largest absolute Gasteiger partial charge is 0.361 e. The van der Waals surface area contributed by atoms with Crippen LogP contribution in [0.5, 0.6) is 0 Å². The summed E-state index contributed by atoms with van der Waals surface area (Å²) in [6, 6.07) is 31.3. The number of hydrogen-bond acceptors (Lipinski definition) is 4. The van der Waals surface area contributed by atoms with Gasteiger partial charge >= 0.3 is 0 Å². The molecular formula is C25H21N3S. The van der Waals surface area contributed by atoms with E-state index < -0.39 is 0 Å². The maximum absolute atomic E-state index is 10.0. The molecule has 0 aliphatic heterocycles. The van der Waals surface area contributed by atoms with Crippen LogP contribution in [-0.2, 0) is 13.1 Å². The van der Waals surface area contributed by atoms with E-state index >= 15 is 0 Å². The van der Waals surface area contributed by atoms with Gasteiger partial charge in [-0.25, -0.2) is 4.98 Å². The number of fused-ring (bicyclic) bond motifs is 1. The minimum absolute atomic E-state index is 0.642. The zero-order valence-electron chi connectivity index (χ0n) is 16.2. The van der Waals surface area contributed by atoms with Gasteiger partial charge in [-0.3, -0.25) is 0 Å². The van der Waals surface area contributed by atoms with Crippen molar-refractivity contribution in [2.45, 2.75) is 18.1 Å². The molecule has 4 heteroatoms. The fraction of sp³-hybridized carbons (Fsp3) is 0.120. The van der Waals surface area contributed by atoms with Gasteiger partial charge in [-0.2, -0.15) is 5.26 Å². The number of hydrogen-bond donors (Lipinski definition) is 0. The number of para-hydroxylation sites is 1. The van der Waals surface area contributed by atoms with Gasteiger partial charge in [-0.15, -0.1) is 11.8 Å². The zero-order valence-corrected chi connectivity index (χ0v) is 17.1. The van der Waals surface area contributed by atoms with E-state index in [1.54, 1.807) is 0 Å². The molecule has 0 N–H and O–H groups in total. The van der Waals surface area contributed by atoms with Gasteiger partial charge < -0.3 is 4.90 Å². The number of pyridine rings is 1. The molecule has 0 amide bonds. The van der Waals surface area contributed by atoms with Crippen molar-refractivity contribution >= 4 is 28.4 Å². The first kappa shape index (κ1) is 19.0. The summed E-state index contributed by atoms with van der Waals surface area (Å²) in [7, 11) is 0. The molecule has 4 rings (SSSR count). The third kappa shape index (κ3) is 4.11. The number of rotatable bonds is 6. The molecule has 0 unspecified atom stereocenters. The van der Waals surface area contributed by atoms with Gasteiger partial charge in [-0.1, -0.05) is 78.9 Å². The molecule has 3 nitrogen and oxygen atoms in total. The summed E-state index contributed by atoms with van der Waals surface area (Å²) in [5.74, 6) is 0. The van der Waals surface area contributed by atoms with Crippen molar-refractivity contribution in [2.24, 2.45) is 0 Å². The Morgan fingerprint density at radius 2 is 1.38 bits per heavy atom. The standard InChI is InChI=1S/C25H21N3S/c1-29-25-22(16-26)24(21-14-8-9-15-23(21)27-25)28(17-19-10-4-2-5-11-19)18-20-12-6-3-7-13-20/h2-15H,17-18H2,1H3. The average molecular weight is 396 g/mol. The normalized spacial score (nSPS) is 10.6. The molecule has 0 spiro atoms. The van der Waals surface area contributed by atoms with Crippen LogP contribution in [0.4, 0.5) is 5.69 Å². The molecule has 0 aliphatic carbocycles.